The molecule has 0 bridgehead atoms. The fraction of sp³-hybridized carbons (Fsp3) is 0.737. The van der Waals surface area contributed by atoms with Crippen LogP contribution in [0.2, 0.25) is 0 Å². The minimum absolute atomic E-state index is 0.0953. The zero-order valence-corrected chi connectivity index (χ0v) is 18.5. The van der Waals surface area contributed by atoms with Gasteiger partial charge < -0.3 is 29.9 Å². The summed E-state index contributed by atoms with van der Waals surface area (Å²) in [4.78, 5) is 11.8. The molecule has 0 spiro atoms. The number of hydrogen-bond donors (Lipinski definition) is 5. The summed E-state index contributed by atoms with van der Waals surface area (Å²) in [6, 6.07) is 0. The summed E-state index contributed by atoms with van der Waals surface area (Å²) in [6.45, 7) is 5.93. The van der Waals surface area contributed by atoms with Crippen molar-refractivity contribution in [1.29, 1.82) is 0 Å². The molecular formula is C19H30O11S. The fourth-order valence-electron chi connectivity index (χ4n) is 3.81. The van der Waals surface area contributed by atoms with E-state index in [1.54, 1.807) is 27.7 Å². The number of carbonyl (C=O) groups excluding carboxylic acids is 1. The average molecular weight is 467 g/mol. The Kier molecular flexibility index (Phi) is 7.84. The van der Waals surface area contributed by atoms with E-state index in [1.807, 2.05) is 0 Å². The van der Waals surface area contributed by atoms with Crippen molar-refractivity contribution in [2.24, 2.45) is 5.41 Å². The van der Waals surface area contributed by atoms with E-state index in [0.29, 0.717) is 5.57 Å². The van der Waals surface area contributed by atoms with Crippen molar-refractivity contribution in [1.82, 2.24) is 0 Å². The standard InChI is InChI=1S/C19H30O11S/c1-10-7-12(21)8-18(3,4)19(10,24)6-5-11(2)28-17-15(23)16(30-31(25,26)27)14(22)13(9-20)29-17/h5-7,11,13-17,20,22-24H,8-9H2,1-4H3,(H,25,26,27)/b6-5+/t11-,13-,14-,15-,16+,17-,19-/m1/s1. The minimum Gasteiger partial charge on any atom is -0.394 e. The van der Waals surface area contributed by atoms with Gasteiger partial charge in [0.05, 0.1) is 12.7 Å². The van der Waals surface area contributed by atoms with Crippen molar-refractivity contribution in [3.63, 3.8) is 0 Å². The number of carbonyl (C=O) groups is 1. The maximum Gasteiger partial charge on any atom is 0.397 e. The highest BCUT2D eigenvalue weighted by Crippen LogP contribution is 2.44. The van der Waals surface area contributed by atoms with Crippen LogP contribution >= 0.6 is 0 Å². The van der Waals surface area contributed by atoms with Gasteiger partial charge in [0, 0.05) is 11.8 Å². The zero-order valence-electron chi connectivity index (χ0n) is 17.7. The molecule has 0 unspecified atom stereocenters. The van der Waals surface area contributed by atoms with Crippen LogP contribution in [0.5, 0.6) is 0 Å². The van der Waals surface area contributed by atoms with E-state index >= 15 is 0 Å². The maximum absolute atomic E-state index is 11.8. The number of hydrogen-bond acceptors (Lipinski definition) is 10. The average Bonchev–Trinajstić information content (AvgIpc) is 2.62. The Morgan fingerprint density at radius 2 is 1.94 bits per heavy atom. The third kappa shape index (κ3) is 5.78. The molecular weight excluding hydrogens is 436 g/mol. The zero-order chi connectivity index (χ0) is 23.8. The van der Waals surface area contributed by atoms with Gasteiger partial charge in [-0.1, -0.05) is 19.9 Å². The van der Waals surface area contributed by atoms with E-state index in [4.69, 9.17) is 14.0 Å². The molecule has 2 rings (SSSR count). The maximum atomic E-state index is 11.8. The highest BCUT2D eigenvalue weighted by atomic mass is 32.3. The Morgan fingerprint density at radius 3 is 2.45 bits per heavy atom. The second-order valence-electron chi connectivity index (χ2n) is 8.52. The van der Waals surface area contributed by atoms with Crippen LogP contribution < -0.4 is 0 Å². The predicted octanol–water partition coefficient (Wildman–Crippen LogP) is -0.749. The van der Waals surface area contributed by atoms with E-state index in [0.717, 1.165) is 0 Å². The molecule has 31 heavy (non-hydrogen) atoms. The number of aliphatic hydroxyl groups is 4. The van der Waals surface area contributed by atoms with Gasteiger partial charge in [0.2, 0.25) is 0 Å². The minimum atomic E-state index is -5.02. The molecule has 2 aliphatic rings. The second kappa shape index (κ2) is 9.33. The van der Waals surface area contributed by atoms with Gasteiger partial charge in [-0.15, -0.1) is 0 Å². The molecule has 1 fully saturated rings. The molecule has 5 N–H and O–H groups in total. The summed E-state index contributed by atoms with van der Waals surface area (Å²) in [7, 11) is -5.02. The van der Waals surface area contributed by atoms with Gasteiger partial charge in [-0.2, -0.15) is 8.42 Å². The summed E-state index contributed by atoms with van der Waals surface area (Å²) in [5.74, 6) is -0.0953. The lowest BCUT2D eigenvalue weighted by molar-refractivity contribution is -0.302. The van der Waals surface area contributed by atoms with Gasteiger partial charge in [0.15, 0.2) is 12.1 Å². The van der Waals surface area contributed by atoms with Crippen molar-refractivity contribution in [2.45, 2.75) is 76.5 Å². The molecule has 0 aromatic carbocycles. The van der Waals surface area contributed by atoms with Gasteiger partial charge in [-0.05, 0) is 31.6 Å². The quantitative estimate of drug-likeness (QED) is 0.235. The summed E-state index contributed by atoms with van der Waals surface area (Å²) < 4.78 is 46.1. The highest BCUT2D eigenvalue weighted by Gasteiger charge is 2.49. The summed E-state index contributed by atoms with van der Waals surface area (Å²) in [5.41, 5.74) is -1.78. The van der Waals surface area contributed by atoms with E-state index < -0.39 is 64.8 Å². The lowest BCUT2D eigenvalue weighted by Gasteiger charge is -2.44. The molecule has 11 nitrogen and oxygen atoms in total. The molecule has 0 amide bonds. The summed E-state index contributed by atoms with van der Waals surface area (Å²) in [6.07, 6.45) is -4.67. The van der Waals surface area contributed by atoms with Crippen LogP contribution in [0.1, 0.15) is 34.1 Å². The van der Waals surface area contributed by atoms with Crippen LogP contribution in [-0.2, 0) is 28.9 Å². The number of allylic oxidation sites excluding steroid dienone is 1. The van der Waals surface area contributed by atoms with Crippen molar-refractivity contribution in [3.05, 3.63) is 23.8 Å². The number of aliphatic hydroxyl groups excluding tert-OH is 3. The van der Waals surface area contributed by atoms with E-state index in [2.05, 4.69) is 4.18 Å². The topological polar surface area (TPSA) is 180 Å². The van der Waals surface area contributed by atoms with Crippen molar-refractivity contribution in [2.75, 3.05) is 6.61 Å². The van der Waals surface area contributed by atoms with E-state index in [-0.39, 0.29) is 12.2 Å². The van der Waals surface area contributed by atoms with Crippen LogP contribution in [0.15, 0.2) is 23.8 Å². The molecule has 12 heteroatoms. The van der Waals surface area contributed by atoms with Gasteiger partial charge in [-0.25, -0.2) is 4.18 Å². The first-order chi connectivity index (χ1) is 14.1. The van der Waals surface area contributed by atoms with Crippen molar-refractivity contribution in [3.8, 4) is 0 Å². The molecule has 178 valence electrons. The lowest BCUT2D eigenvalue weighted by Crippen LogP contribution is -2.60. The van der Waals surface area contributed by atoms with Crippen LogP contribution in [0.4, 0.5) is 0 Å². The molecule has 0 saturated carbocycles. The number of ether oxygens (including phenoxy) is 2. The van der Waals surface area contributed by atoms with Gasteiger partial charge in [-0.3, -0.25) is 9.35 Å². The van der Waals surface area contributed by atoms with E-state index in [1.165, 1.54) is 18.2 Å². The van der Waals surface area contributed by atoms with Gasteiger partial charge in [0.1, 0.15) is 30.0 Å². The molecule has 1 saturated heterocycles. The largest absolute Gasteiger partial charge is 0.397 e. The first-order valence-electron chi connectivity index (χ1n) is 9.68. The molecule has 0 aromatic rings. The monoisotopic (exact) mass is 466 g/mol. The van der Waals surface area contributed by atoms with Gasteiger partial charge >= 0.3 is 10.4 Å². The summed E-state index contributed by atoms with van der Waals surface area (Å²) >= 11 is 0. The first kappa shape index (κ1) is 26.0. The fourth-order valence-corrected chi connectivity index (χ4v) is 4.32. The van der Waals surface area contributed by atoms with Crippen molar-refractivity contribution < 1.29 is 51.8 Å². The highest BCUT2D eigenvalue weighted by molar-refractivity contribution is 7.80. The summed E-state index contributed by atoms with van der Waals surface area (Å²) in [5, 5.41) is 40.9. The normalized spacial score (nSPS) is 37.6. The molecule has 1 heterocycles. The lowest BCUT2D eigenvalue weighted by atomic mass is 9.64. The Balaban J connectivity index is 2.19. The first-order valence-corrected chi connectivity index (χ1v) is 11.0. The number of rotatable bonds is 7. The van der Waals surface area contributed by atoms with Crippen LogP contribution in [0, 0.1) is 5.41 Å². The Morgan fingerprint density at radius 1 is 1.32 bits per heavy atom. The molecule has 0 aromatic heterocycles. The second-order valence-corrected chi connectivity index (χ2v) is 9.56. The Hall–Kier alpha value is -1.22. The number of ketones is 1. The van der Waals surface area contributed by atoms with Crippen LogP contribution in [-0.4, -0.2) is 88.2 Å². The van der Waals surface area contributed by atoms with Crippen molar-refractivity contribution >= 4 is 16.2 Å². The molecule has 1 aliphatic heterocycles. The predicted molar refractivity (Wildman–Crippen MR) is 106 cm³/mol. The molecule has 0 radical (unpaired) electrons. The smallest absolute Gasteiger partial charge is 0.394 e. The third-order valence-electron chi connectivity index (χ3n) is 5.64. The van der Waals surface area contributed by atoms with E-state index in [9.17, 15) is 33.6 Å². The Bertz CT molecular complexity index is 834. The van der Waals surface area contributed by atoms with Gasteiger partial charge in [0.25, 0.3) is 0 Å². The van der Waals surface area contributed by atoms with Crippen LogP contribution in [0.3, 0.4) is 0 Å². The molecule has 1 aliphatic carbocycles. The SMILES string of the molecule is CC1=CC(=O)CC(C)(C)[C@@]1(O)/C=C/[C@@H](C)O[C@@H]1O[C@H](CO)[C@@H](O)[C@H](OS(=O)(=O)O)[C@H]1O. The Labute approximate surface area is 180 Å². The molecule has 7 atom stereocenters. The van der Waals surface area contributed by atoms with Crippen LogP contribution in [0.25, 0.3) is 0 Å². The third-order valence-corrected chi connectivity index (χ3v) is 6.10.